The van der Waals surface area contributed by atoms with Crippen LogP contribution in [0.15, 0.2) is 23.2 Å². The Balaban J connectivity index is 1.99. The van der Waals surface area contributed by atoms with Crippen LogP contribution in [0.25, 0.3) is 0 Å². The minimum Gasteiger partial charge on any atom is -0.372 e. The van der Waals surface area contributed by atoms with E-state index in [1.807, 2.05) is 31.7 Å². The molecule has 6 nitrogen and oxygen atoms in total. The van der Waals surface area contributed by atoms with E-state index in [0.717, 1.165) is 30.0 Å². The molecule has 1 aromatic carbocycles. The summed E-state index contributed by atoms with van der Waals surface area (Å²) in [5, 5.41) is 0.562. The van der Waals surface area contributed by atoms with Crippen molar-refractivity contribution >= 4 is 44.0 Å². The molecule has 2 atom stereocenters. The maximum atomic E-state index is 12.4. The summed E-state index contributed by atoms with van der Waals surface area (Å²) >= 11 is 1.44. The van der Waals surface area contributed by atoms with Crippen LogP contribution in [0.3, 0.4) is 0 Å². The third-order valence-electron chi connectivity index (χ3n) is 5.44. The van der Waals surface area contributed by atoms with Gasteiger partial charge in [-0.3, -0.25) is 4.79 Å². The Morgan fingerprint density at radius 2 is 1.97 bits per heavy atom. The molecule has 1 aromatic rings. The highest BCUT2D eigenvalue weighted by Gasteiger charge is 2.49. The number of carbonyl (C=O) groups excluding carboxylic acids is 1. The van der Waals surface area contributed by atoms with Gasteiger partial charge in [0.25, 0.3) is 0 Å². The molecule has 2 aliphatic heterocycles. The molecular formula is C21H31N3O3S2. The fraction of sp³-hybridized carbons (Fsp3) is 0.619. The molecule has 2 aliphatic rings. The largest absolute Gasteiger partial charge is 0.372 e. The minimum atomic E-state index is -3.07. The van der Waals surface area contributed by atoms with Crippen molar-refractivity contribution in [2.75, 3.05) is 34.4 Å². The summed E-state index contributed by atoms with van der Waals surface area (Å²) in [7, 11) is -3.07. The van der Waals surface area contributed by atoms with Crippen LogP contribution in [-0.2, 0) is 14.6 Å². The van der Waals surface area contributed by atoms with Gasteiger partial charge in [0.2, 0.25) is 5.91 Å². The molecule has 0 bridgehead atoms. The molecule has 3 rings (SSSR count). The van der Waals surface area contributed by atoms with Crippen molar-refractivity contribution < 1.29 is 13.2 Å². The quantitative estimate of drug-likeness (QED) is 0.679. The van der Waals surface area contributed by atoms with E-state index in [9.17, 15) is 13.2 Å². The number of anilines is 2. The van der Waals surface area contributed by atoms with Gasteiger partial charge >= 0.3 is 0 Å². The van der Waals surface area contributed by atoms with E-state index in [-0.39, 0.29) is 34.6 Å². The molecule has 0 spiro atoms. The van der Waals surface area contributed by atoms with Crippen molar-refractivity contribution in [3.8, 4) is 0 Å². The number of hydrogen-bond donors (Lipinski definition) is 0. The van der Waals surface area contributed by atoms with E-state index < -0.39 is 9.84 Å². The molecule has 8 heteroatoms. The topological polar surface area (TPSA) is 70.0 Å². The summed E-state index contributed by atoms with van der Waals surface area (Å²) in [6, 6.07) is 6.08. The molecule has 2 fully saturated rings. The molecular weight excluding hydrogens is 406 g/mol. The molecule has 0 saturated carbocycles. The second-order valence-corrected chi connectivity index (χ2v) is 11.6. The van der Waals surface area contributed by atoms with E-state index in [2.05, 4.69) is 35.9 Å². The van der Waals surface area contributed by atoms with Gasteiger partial charge in [0, 0.05) is 36.1 Å². The number of rotatable bonds is 6. The highest BCUT2D eigenvalue weighted by molar-refractivity contribution is 8.16. The van der Waals surface area contributed by atoms with Crippen molar-refractivity contribution in [3.63, 3.8) is 0 Å². The first kappa shape index (κ1) is 22.2. The van der Waals surface area contributed by atoms with Crippen LogP contribution in [0.5, 0.6) is 0 Å². The van der Waals surface area contributed by atoms with Crippen LogP contribution >= 0.6 is 11.8 Å². The van der Waals surface area contributed by atoms with Crippen molar-refractivity contribution in [1.82, 2.24) is 0 Å². The SMILES string of the molecule is CCN(CC)c1ccc(N2C(=NC(=O)CC(C)C)S[C@H]3CS(=O)(=O)C[C@H]32)c(C)c1. The number of aliphatic imine (C=N–C) groups is 1. The lowest BCUT2D eigenvalue weighted by Gasteiger charge is -2.28. The minimum absolute atomic E-state index is 0.0764. The molecule has 2 heterocycles. The number of fused-ring (bicyclic) bond motifs is 1. The van der Waals surface area contributed by atoms with Gasteiger partial charge in [-0.1, -0.05) is 25.6 Å². The van der Waals surface area contributed by atoms with Crippen LogP contribution in [0.2, 0.25) is 0 Å². The maximum Gasteiger partial charge on any atom is 0.248 e. The van der Waals surface area contributed by atoms with Crippen molar-refractivity contribution in [2.24, 2.45) is 10.9 Å². The van der Waals surface area contributed by atoms with Crippen molar-refractivity contribution in [2.45, 2.75) is 52.3 Å². The summed E-state index contributed by atoms with van der Waals surface area (Å²) in [6.07, 6.45) is 0.394. The Hall–Kier alpha value is -1.54. The Bertz CT molecular complexity index is 908. The summed E-state index contributed by atoms with van der Waals surface area (Å²) in [6.45, 7) is 12.1. The first-order valence-electron chi connectivity index (χ1n) is 10.3. The molecule has 0 radical (unpaired) electrons. The highest BCUT2D eigenvalue weighted by atomic mass is 32.2. The highest BCUT2D eigenvalue weighted by Crippen LogP contribution is 2.42. The average molecular weight is 438 g/mol. The van der Waals surface area contributed by atoms with E-state index in [1.165, 1.54) is 11.8 Å². The summed E-state index contributed by atoms with van der Waals surface area (Å²) in [5.74, 6) is 0.348. The van der Waals surface area contributed by atoms with Crippen molar-refractivity contribution in [1.29, 1.82) is 0 Å². The molecule has 2 saturated heterocycles. The number of nitrogens with zero attached hydrogens (tertiary/aromatic N) is 3. The Labute approximate surface area is 178 Å². The second kappa shape index (κ2) is 8.68. The number of amides is 1. The van der Waals surface area contributed by atoms with E-state index in [4.69, 9.17) is 0 Å². The lowest BCUT2D eigenvalue weighted by molar-refractivity contribution is -0.118. The van der Waals surface area contributed by atoms with Gasteiger partial charge in [0.1, 0.15) is 0 Å². The molecule has 160 valence electrons. The lowest BCUT2D eigenvalue weighted by Crippen LogP contribution is -2.38. The van der Waals surface area contributed by atoms with Crippen LogP contribution in [-0.4, -0.2) is 55.4 Å². The zero-order chi connectivity index (χ0) is 21.3. The number of amidine groups is 1. The second-order valence-electron chi connectivity index (χ2n) is 8.20. The van der Waals surface area contributed by atoms with Crippen LogP contribution in [0.1, 0.15) is 39.7 Å². The summed E-state index contributed by atoms with van der Waals surface area (Å²) < 4.78 is 24.5. The van der Waals surface area contributed by atoms with Crippen LogP contribution in [0, 0.1) is 12.8 Å². The van der Waals surface area contributed by atoms with E-state index >= 15 is 0 Å². The Morgan fingerprint density at radius 3 is 2.55 bits per heavy atom. The third kappa shape index (κ3) is 4.79. The normalized spacial score (nSPS) is 24.3. The lowest BCUT2D eigenvalue weighted by atomic mass is 10.1. The molecule has 1 amide bonds. The Morgan fingerprint density at radius 1 is 1.28 bits per heavy atom. The van der Waals surface area contributed by atoms with E-state index in [1.54, 1.807) is 0 Å². The van der Waals surface area contributed by atoms with Gasteiger partial charge in [-0.05, 0) is 50.5 Å². The number of thioether (sulfide) groups is 1. The average Bonchev–Trinajstić information content (AvgIpc) is 3.06. The summed E-state index contributed by atoms with van der Waals surface area (Å²) in [4.78, 5) is 21.1. The van der Waals surface area contributed by atoms with Gasteiger partial charge in [0.15, 0.2) is 15.0 Å². The van der Waals surface area contributed by atoms with Gasteiger partial charge in [-0.25, -0.2) is 8.42 Å². The van der Waals surface area contributed by atoms with Gasteiger partial charge < -0.3 is 9.80 Å². The monoisotopic (exact) mass is 437 g/mol. The molecule has 0 N–H and O–H groups in total. The standard InChI is InChI=1S/C21H31N3O3S2/c1-6-23(7-2)16-8-9-17(15(5)11-16)24-18-12-29(26,27)13-19(18)28-21(24)22-20(25)10-14(3)4/h8-9,11,14,18-19H,6-7,10,12-13H2,1-5H3/t18-,19+/m1/s1. The first-order valence-corrected chi connectivity index (χ1v) is 13.0. The van der Waals surface area contributed by atoms with E-state index in [0.29, 0.717) is 11.6 Å². The van der Waals surface area contributed by atoms with Crippen LogP contribution in [0.4, 0.5) is 11.4 Å². The summed E-state index contributed by atoms with van der Waals surface area (Å²) in [5.41, 5.74) is 3.14. The number of carbonyl (C=O) groups is 1. The number of benzene rings is 1. The molecule has 0 aliphatic carbocycles. The maximum absolute atomic E-state index is 12.4. The predicted molar refractivity (Wildman–Crippen MR) is 123 cm³/mol. The first-order chi connectivity index (χ1) is 13.6. The van der Waals surface area contributed by atoms with Gasteiger partial charge in [-0.2, -0.15) is 4.99 Å². The predicted octanol–water partition coefficient (Wildman–Crippen LogP) is 3.49. The fourth-order valence-electron chi connectivity index (χ4n) is 4.04. The molecule has 0 unspecified atom stereocenters. The number of aryl methyl sites for hydroxylation is 1. The Kier molecular flexibility index (Phi) is 6.63. The van der Waals surface area contributed by atoms with Gasteiger partial charge in [-0.15, -0.1) is 0 Å². The molecule has 0 aromatic heterocycles. The number of hydrogen-bond acceptors (Lipinski definition) is 5. The zero-order valence-electron chi connectivity index (χ0n) is 17.9. The molecule has 29 heavy (non-hydrogen) atoms. The number of sulfone groups is 1. The van der Waals surface area contributed by atoms with Crippen LogP contribution < -0.4 is 9.80 Å². The fourth-order valence-corrected chi connectivity index (χ4v) is 7.97. The smallest absolute Gasteiger partial charge is 0.248 e. The van der Waals surface area contributed by atoms with Gasteiger partial charge in [0.05, 0.1) is 17.5 Å². The van der Waals surface area contributed by atoms with Crippen molar-refractivity contribution in [3.05, 3.63) is 23.8 Å². The third-order valence-corrected chi connectivity index (χ3v) is 8.65. The zero-order valence-corrected chi connectivity index (χ0v) is 19.5.